The van der Waals surface area contributed by atoms with E-state index < -0.39 is 29.0 Å². The number of carbonyl (C=O) groups is 2. The molecule has 1 aromatic carbocycles. The summed E-state index contributed by atoms with van der Waals surface area (Å²) in [4.78, 5) is 27.4. The van der Waals surface area contributed by atoms with E-state index in [0.717, 1.165) is 12.1 Å². The number of carbonyl (C=O) groups excluding carboxylic acids is 2. The van der Waals surface area contributed by atoms with Gasteiger partial charge in [0.2, 0.25) is 11.8 Å². The molecule has 2 rings (SSSR count). The van der Waals surface area contributed by atoms with Crippen LogP contribution in [-0.2, 0) is 14.3 Å². The van der Waals surface area contributed by atoms with E-state index in [-0.39, 0.29) is 31.2 Å². The summed E-state index contributed by atoms with van der Waals surface area (Å²) < 4.78 is 45.2. The number of ether oxygens (including phenoxy) is 1. The van der Waals surface area contributed by atoms with Crippen molar-refractivity contribution in [3.05, 3.63) is 29.6 Å². The van der Waals surface area contributed by atoms with Crippen molar-refractivity contribution in [3.8, 4) is 0 Å². The van der Waals surface area contributed by atoms with E-state index >= 15 is 0 Å². The molecule has 0 aromatic heterocycles. The largest absolute Gasteiger partial charge is 0.372 e. The van der Waals surface area contributed by atoms with Gasteiger partial charge in [-0.25, -0.2) is 13.2 Å². The standard InChI is InChI=1S/C17H22F3N3O3/c1-10-6-23(7-11(2)26-10)15(25)9-22(3)8-14(24)21-13-5-4-12(18)16(19)17(13)20/h4-5,10-11H,6-9H2,1-3H3,(H,21,24)/t10-,11-/m1/s1. The van der Waals surface area contributed by atoms with Crippen LogP contribution in [0.15, 0.2) is 12.1 Å². The Bertz CT molecular complexity index is 677. The predicted octanol–water partition coefficient (Wildman–Crippen LogP) is 1.61. The van der Waals surface area contributed by atoms with Crippen LogP contribution < -0.4 is 5.32 Å². The zero-order chi connectivity index (χ0) is 19.4. The molecule has 1 heterocycles. The lowest BCUT2D eigenvalue weighted by atomic mass is 10.2. The van der Waals surface area contributed by atoms with Gasteiger partial charge in [-0.05, 0) is 33.0 Å². The zero-order valence-corrected chi connectivity index (χ0v) is 14.9. The molecule has 1 aliphatic heterocycles. The van der Waals surface area contributed by atoms with Gasteiger partial charge in [0.1, 0.15) is 0 Å². The Labute approximate surface area is 149 Å². The van der Waals surface area contributed by atoms with Gasteiger partial charge >= 0.3 is 0 Å². The highest BCUT2D eigenvalue weighted by Crippen LogP contribution is 2.19. The van der Waals surface area contributed by atoms with Crippen molar-refractivity contribution in [1.29, 1.82) is 0 Å². The highest BCUT2D eigenvalue weighted by atomic mass is 19.2. The summed E-state index contributed by atoms with van der Waals surface area (Å²) >= 11 is 0. The zero-order valence-electron chi connectivity index (χ0n) is 14.9. The van der Waals surface area contributed by atoms with Gasteiger partial charge in [-0.2, -0.15) is 0 Å². The topological polar surface area (TPSA) is 61.9 Å². The number of halogens is 3. The summed E-state index contributed by atoms with van der Waals surface area (Å²) in [6.45, 7) is 4.49. The molecule has 1 aromatic rings. The van der Waals surface area contributed by atoms with Crippen LogP contribution in [0.3, 0.4) is 0 Å². The molecule has 1 N–H and O–H groups in total. The van der Waals surface area contributed by atoms with Crippen LogP contribution in [0.25, 0.3) is 0 Å². The van der Waals surface area contributed by atoms with E-state index in [2.05, 4.69) is 5.32 Å². The molecule has 144 valence electrons. The van der Waals surface area contributed by atoms with E-state index in [4.69, 9.17) is 4.74 Å². The number of hydrogen-bond acceptors (Lipinski definition) is 4. The molecular formula is C17H22F3N3O3. The Morgan fingerprint density at radius 1 is 1.15 bits per heavy atom. The molecule has 6 nitrogen and oxygen atoms in total. The number of anilines is 1. The van der Waals surface area contributed by atoms with Gasteiger partial charge in [-0.1, -0.05) is 0 Å². The lowest BCUT2D eigenvalue weighted by Crippen LogP contribution is -2.51. The average molecular weight is 373 g/mol. The van der Waals surface area contributed by atoms with Crippen molar-refractivity contribution in [1.82, 2.24) is 9.80 Å². The fourth-order valence-electron chi connectivity index (χ4n) is 2.83. The average Bonchev–Trinajstić information content (AvgIpc) is 2.54. The molecule has 2 atom stereocenters. The molecule has 0 radical (unpaired) electrons. The van der Waals surface area contributed by atoms with Crippen LogP contribution in [0, 0.1) is 17.5 Å². The molecule has 0 aliphatic carbocycles. The normalized spacial score (nSPS) is 20.3. The van der Waals surface area contributed by atoms with Crippen molar-refractivity contribution < 1.29 is 27.5 Å². The number of morpholine rings is 1. The highest BCUT2D eigenvalue weighted by Gasteiger charge is 2.26. The quantitative estimate of drug-likeness (QED) is 0.797. The van der Waals surface area contributed by atoms with Crippen molar-refractivity contribution in [2.24, 2.45) is 0 Å². The Kier molecular flexibility index (Phi) is 6.60. The SMILES string of the molecule is C[C@@H]1CN(C(=O)CN(C)CC(=O)Nc2ccc(F)c(F)c2F)C[C@@H](C)O1. The monoisotopic (exact) mass is 373 g/mol. The van der Waals surface area contributed by atoms with E-state index in [9.17, 15) is 22.8 Å². The number of hydrogen-bond donors (Lipinski definition) is 1. The first kappa shape index (κ1) is 20.2. The minimum Gasteiger partial charge on any atom is -0.372 e. The first-order chi connectivity index (χ1) is 12.2. The van der Waals surface area contributed by atoms with Crippen LogP contribution in [0.4, 0.5) is 18.9 Å². The summed E-state index contributed by atoms with van der Waals surface area (Å²) in [5.41, 5.74) is -0.454. The molecule has 0 saturated carbocycles. The van der Waals surface area contributed by atoms with E-state index in [0.29, 0.717) is 13.1 Å². The molecule has 0 spiro atoms. The number of nitrogens with zero attached hydrogens (tertiary/aromatic N) is 2. The van der Waals surface area contributed by atoms with Crippen LogP contribution in [0.2, 0.25) is 0 Å². The van der Waals surface area contributed by atoms with Gasteiger partial charge in [0, 0.05) is 13.1 Å². The van der Waals surface area contributed by atoms with Gasteiger partial charge in [0.05, 0.1) is 31.0 Å². The molecule has 2 amide bonds. The Morgan fingerprint density at radius 3 is 2.38 bits per heavy atom. The number of likely N-dealkylation sites (N-methyl/N-ethyl adjacent to an activating group) is 1. The van der Waals surface area contributed by atoms with Gasteiger partial charge in [-0.3, -0.25) is 14.5 Å². The predicted molar refractivity (Wildman–Crippen MR) is 89.0 cm³/mol. The molecule has 1 aliphatic rings. The maximum Gasteiger partial charge on any atom is 0.238 e. The summed E-state index contributed by atoms with van der Waals surface area (Å²) in [7, 11) is 1.56. The third-order valence-electron chi connectivity index (χ3n) is 3.90. The Hall–Kier alpha value is -2.13. The second-order valence-corrected chi connectivity index (χ2v) is 6.50. The van der Waals surface area contributed by atoms with Crippen LogP contribution in [0.5, 0.6) is 0 Å². The molecule has 1 fully saturated rings. The van der Waals surface area contributed by atoms with Crippen LogP contribution in [-0.4, -0.2) is 67.0 Å². The van der Waals surface area contributed by atoms with Crippen LogP contribution >= 0.6 is 0 Å². The molecule has 0 bridgehead atoms. The minimum atomic E-state index is -1.65. The maximum atomic E-state index is 13.6. The summed E-state index contributed by atoms with van der Waals surface area (Å²) in [6, 6.07) is 1.66. The number of nitrogens with one attached hydrogen (secondary N) is 1. The van der Waals surface area contributed by atoms with Crippen molar-refractivity contribution >= 4 is 17.5 Å². The summed E-state index contributed by atoms with van der Waals surface area (Å²) in [6.07, 6.45) is -0.125. The fraction of sp³-hybridized carbons (Fsp3) is 0.529. The van der Waals surface area contributed by atoms with Crippen molar-refractivity contribution in [3.63, 3.8) is 0 Å². The maximum absolute atomic E-state index is 13.6. The van der Waals surface area contributed by atoms with E-state index in [1.165, 1.54) is 4.90 Å². The smallest absolute Gasteiger partial charge is 0.238 e. The number of benzene rings is 1. The van der Waals surface area contributed by atoms with E-state index in [1.807, 2.05) is 13.8 Å². The Balaban J connectivity index is 1.87. The first-order valence-corrected chi connectivity index (χ1v) is 8.22. The van der Waals surface area contributed by atoms with Gasteiger partial charge < -0.3 is 15.0 Å². The molecule has 9 heteroatoms. The molecule has 0 unspecified atom stereocenters. The third kappa shape index (κ3) is 5.18. The van der Waals surface area contributed by atoms with Gasteiger partial charge in [0.15, 0.2) is 17.5 Å². The lowest BCUT2D eigenvalue weighted by Gasteiger charge is -2.36. The second-order valence-electron chi connectivity index (χ2n) is 6.50. The molecular weight excluding hydrogens is 351 g/mol. The summed E-state index contributed by atoms with van der Waals surface area (Å²) in [5, 5.41) is 2.17. The molecule has 26 heavy (non-hydrogen) atoms. The first-order valence-electron chi connectivity index (χ1n) is 8.22. The van der Waals surface area contributed by atoms with Gasteiger partial charge in [-0.15, -0.1) is 0 Å². The second kappa shape index (κ2) is 8.50. The number of amides is 2. The van der Waals surface area contributed by atoms with Gasteiger partial charge in [0.25, 0.3) is 0 Å². The third-order valence-corrected chi connectivity index (χ3v) is 3.90. The van der Waals surface area contributed by atoms with Crippen molar-refractivity contribution in [2.45, 2.75) is 26.1 Å². The fourth-order valence-corrected chi connectivity index (χ4v) is 2.83. The Morgan fingerprint density at radius 2 is 1.77 bits per heavy atom. The lowest BCUT2D eigenvalue weighted by molar-refractivity contribution is -0.144. The summed E-state index contributed by atoms with van der Waals surface area (Å²) in [5.74, 6) is -5.25. The minimum absolute atomic E-state index is 0.00682. The van der Waals surface area contributed by atoms with E-state index in [1.54, 1.807) is 11.9 Å². The van der Waals surface area contributed by atoms with Crippen LogP contribution in [0.1, 0.15) is 13.8 Å². The number of rotatable bonds is 5. The van der Waals surface area contributed by atoms with Crippen molar-refractivity contribution in [2.75, 3.05) is 38.5 Å². The molecule has 1 saturated heterocycles. The highest BCUT2D eigenvalue weighted by molar-refractivity contribution is 5.92.